The number of ether oxygens (including phenoxy) is 1. The van der Waals surface area contributed by atoms with Crippen molar-refractivity contribution in [3.05, 3.63) is 18.5 Å². The number of nitrogens with one attached hydrogen (secondary N) is 2. The third-order valence-corrected chi connectivity index (χ3v) is 4.46. The SMILES string of the molecule is Cn1ncc2c(N[C@H]3CC[C@@H](NC(=O)OC(C)(C)C)CC3)nccc21. The van der Waals surface area contributed by atoms with Crippen LogP contribution in [0.25, 0.3) is 10.9 Å². The van der Waals surface area contributed by atoms with Gasteiger partial charge in [0.1, 0.15) is 11.4 Å². The van der Waals surface area contributed by atoms with Crippen LogP contribution in [0, 0.1) is 0 Å². The van der Waals surface area contributed by atoms with Crippen molar-refractivity contribution in [1.82, 2.24) is 20.1 Å². The third-order valence-electron chi connectivity index (χ3n) is 4.46. The molecule has 0 radical (unpaired) electrons. The molecule has 2 aromatic heterocycles. The summed E-state index contributed by atoms with van der Waals surface area (Å²) in [6.07, 6.45) is 7.16. The summed E-state index contributed by atoms with van der Waals surface area (Å²) in [5.74, 6) is 0.883. The molecule has 1 amide bonds. The summed E-state index contributed by atoms with van der Waals surface area (Å²) in [6, 6.07) is 2.50. The number of pyridine rings is 1. The first-order valence-corrected chi connectivity index (χ1v) is 8.84. The number of aromatic nitrogens is 3. The van der Waals surface area contributed by atoms with Crippen LogP contribution in [0.5, 0.6) is 0 Å². The van der Waals surface area contributed by atoms with Gasteiger partial charge in [-0.3, -0.25) is 4.68 Å². The van der Waals surface area contributed by atoms with Gasteiger partial charge in [-0.1, -0.05) is 0 Å². The van der Waals surface area contributed by atoms with Gasteiger partial charge < -0.3 is 15.4 Å². The molecule has 0 spiro atoms. The Balaban J connectivity index is 1.53. The van der Waals surface area contributed by atoms with Gasteiger partial charge in [-0.15, -0.1) is 0 Å². The third kappa shape index (κ3) is 4.41. The van der Waals surface area contributed by atoms with Crippen molar-refractivity contribution in [3.63, 3.8) is 0 Å². The minimum absolute atomic E-state index is 0.176. The maximum absolute atomic E-state index is 11.9. The summed E-state index contributed by atoms with van der Waals surface area (Å²) < 4.78 is 7.18. The first kappa shape index (κ1) is 17.5. The lowest BCUT2D eigenvalue weighted by atomic mass is 9.91. The van der Waals surface area contributed by atoms with E-state index in [0.717, 1.165) is 42.4 Å². The number of fused-ring (bicyclic) bond motifs is 1. The fourth-order valence-electron chi connectivity index (χ4n) is 3.24. The Morgan fingerprint density at radius 3 is 2.60 bits per heavy atom. The van der Waals surface area contributed by atoms with Crippen molar-refractivity contribution in [1.29, 1.82) is 0 Å². The Morgan fingerprint density at radius 2 is 1.92 bits per heavy atom. The highest BCUT2D eigenvalue weighted by Crippen LogP contribution is 2.26. The van der Waals surface area contributed by atoms with Gasteiger partial charge in [-0.2, -0.15) is 5.10 Å². The van der Waals surface area contributed by atoms with Crippen LogP contribution in [-0.2, 0) is 11.8 Å². The number of hydrogen-bond acceptors (Lipinski definition) is 5. The lowest BCUT2D eigenvalue weighted by Gasteiger charge is -2.30. The van der Waals surface area contributed by atoms with Crippen molar-refractivity contribution in [2.45, 2.75) is 64.1 Å². The molecule has 0 bridgehead atoms. The molecule has 1 saturated carbocycles. The number of aryl methyl sites for hydroxylation is 1. The monoisotopic (exact) mass is 345 g/mol. The minimum atomic E-state index is -0.461. The Bertz CT molecular complexity index is 741. The van der Waals surface area contributed by atoms with E-state index in [-0.39, 0.29) is 12.1 Å². The molecule has 1 fully saturated rings. The summed E-state index contributed by atoms with van der Waals surface area (Å²) in [6.45, 7) is 5.62. The quantitative estimate of drug-likeness (QED) is 0.893. The zero-order valence-corrected chi connectivity index (χ0v) is 15.4. The molecule has 0 atom stereocenters. The molecule has 0 aliphatic heterocycles. The lowest BCUT2D eigenvalue weighted by molar-refractivity contribution is 0.0492. The molecule has 0 saturated heterocycles. The number of amides is 1. The maximum atomic E-state index is 11.9. The predicted octanol–water partition coefficient (Wildman–Crippen LogP) is 3.22. The highest BCUT2D eigenvalue weighted by atomic mass is 16.6. The van der Waals surface area contributed by atoms with Crippen LogP contribution >= 0.6 is 0 Å². The lowest BCUT2D eigenvalue weighted by Crippen LogP contribution is -2.42. The van der Waals surface area contributed by atoms with E-state index in [9.17, 15) is 4.79 Å². The van der Waals surface area contributed by atoms with E-state index < -0.39 is 5.60 Å². The van der Waals surface area contributed by atoms with Gasteiger partial charge in [0.25, 0.3) is 0 Å². The molecule has 0 aromatic carbocycles. The molecule has 0 unspecified atom stereocenters. The van der Waals surface area contributed by atoms with Crippen molar-refractivity contribution in [2.75, 3.05) is 5.32 Å². The van der Waals surface area contributed by atoms with E-state index in [0.29, 0.717) is 6.04 Å². The van der Waals surface area contributed by atoms with Crippen molar-refractivity contribution in [3.8, 4) is 0 Å². The molecule has 2 heterocycles. The molecule has 7 heteroatoms. The molecule has 1 aliphatic carbocycles. The van der Waals surface area contributed by atoms with E-state index in [2.05, 4.69) is 20.7 Å². The molecular formula is C18H27N5O2. The highest BCUT2D eigenvalue weighted by molar-refractivity contribution is 5.88. The zero-order valence-electron chi connectivity index (χ0n) is 15.4. The second kappa shape index (κ2) is 6.90. The van der Waals surface area contributed by atoms with Crippen LogP contribution in [0.4, 0.5) is 10.6 Å². The van der Waals surface area contributed by atoms with Crippen LogP contribution in [0.15, 0.2) is 18.5 Å². The summed E-state index contributed by atoms with van der Waals surface area (Å²) in [5.41, 5.74) is 0.606. The van der Waals surface area contributed by atoms with Gasteiger partial charge in [-0.25, -0.2) is 9.78 Å². The fraction of sp³-hybridized carbons (Fsp3) is 0.611. The second-order valence-electron chi connectivity index (χ2n) is 7.70. The minimum Gasteiger partial charge on any atom is -0.444 e. The fourth-order valence-corrected chi connectivity index (χ4v) is 3.24. The van der Waals surface area contributed by atoms with Gasteiger partial charge in [-0.05, 0) is 52.5 Å². The topological polar surface area (TPSA) is 81.1 Å². The smallest absolute Gasteiger partial charge is 0.407 e. The Kier molecular flexibility index (Phi) is 4.83. The molecule has 2 aromatic rings. The van der Waals surface area contributed by atoms with Gasteiger partial charge in [0.2, 0.25) is 0 Å². The molecule has 2 N–H and O–H groups in total. The van der Waals surface area contributed by atoms with Crippen LogP contribution < -0.4 is 10.6 Å². The average molecular weight is 345 g/mol. The van der Waals surface area contributed by atoms with E-state index in [1.54, 1.807) is 0 Å². The van der Waals surface area contributed by atoms with Gasteiger partial charge in [0.15, 0.2) is 0 Å². The van der Waals surface area contributed by atoms with E-state index in [1.165, 1.54) is 0 Å². The molecule has 7 nitrogen and oxygen atoms in total. The predicted molar refractivity (Wildman–Crippen MR) is 97.5 cm³/mol. The van der Waals surface area contributed by atoms with Crippen molar-refractivity contribution in [2.24, 2.45) is 7.05 Å². The number of nitrogens with zero attached hydrogens (tertiary/aromatic N) is 3. The number of carbonyl (C=O) groups is 1. The molecule has 136 valence electrons. The van der Waals surface area contributed by atoms with Gasteiger partial charge in [0, 0.05) is 25.3 Å². The Labute approximate surface area is 148 Å². The van der Waals surface area contributed by atoms with E-state index >= 15 is 0 Å². The molecule has 25 heavy (non-hydrogen) atoms. The van der Waals surface area contributed by atoms with Gasteiger partial charge >= 0.3 is 6.09 Å². The molecular weight excluding hydrogens is 318 g/mol. The largest absolute Gasteiger partial charge is 0.444 e. The molecule has 1 aliphatic rings. The number of alkyl carbamates (subject to hydrolysis) is 1. The van der Waals surface area contributed by atoms with E-state index in [4.69, 9.17) is 4.74 Å². The first-order chi connectivity index (χ1) is 11.8. The Hall–Kier alpha value is -2.31. The number of rotatable bonds is 3. The van der Waals surface area contributed by atoms with Crippen molar-refractivity contribution >= 4 is 22.8 Å². The second-order valence-corrected chi connectivity index (χ2v) is 7.70. The summed E-state index contributed by atoms with van der Waals surface area (Å²) in [7, 11) is 1.93. The van der Waals surface area contributed by atoms with Gasteiger partial charge in [0.05, 0.1) is 17.1 Å². The van der Waals surface area contributed by atoms with Crippen LogP contribution in [0.1, 0.15) is 46.5 Å². The zero-order chi connectivity index (χ0) is 18.0. The normalized spacial score (nSPS) is 21.1. The van der Waals surface area contributed by atoms with Crippen molar-refractivity contribution < 1.29 is 9.53 Å². The summed E-state index contributed by atoms with van der Waals surface area (Å²) >= 11 is 0. The first-order valence-electron chi connectivity index (χ1n) is 8.84. The molecule has 3 rings (SSSR count). The van der Waals surface area contributed by atoms with Crippen LogP contribution in [0.2, 0.25) is 0 Å². The summed E-state index contributed by atoms with van der Waals surface area (Å²) in [5, 5.41) is 11.9. The van der Waals surface area contributed by atoms with E-state index in [1.807, 2.05) is 51.0 Å². The number of hydrogen-bond donors (Lipinski definition) is 2. The maximum Gasteiger partial charge on any atom is 0.407 e. The number of anilines is 1. The summed E-state index contributed by atoms with van der Waals surface area (Å²) in [4.78, 5) is 16.3. The average Bonchev–Trinajstić information content (AvgIpc) is 2.90. The standard InChI is InChI=1S/C18H27N5O2/c1-18(2,3)25-17(24)22-13-7-5-12(6-8-13)21-16-14-11-20-23(4)15(14)9-10-19-16/h9-13H,5-8H2,1-4H3,(H,19,21)(H,22,24)/t12-,13+. The highest BCUT2D eigenvalue weighted by Gasteiger charge is 2.25. The van der Waals surface area contributed by atoms with Crippen LogP contribution in [0.3, 0.4) is 0 Å². The number of carbonyl (C=O) groups excluding carboxylic acids is 1. The van der Waals surface area contributed by atoms with Crippen LogP contribution in [-0.4, -0.2) is 38.5 Å². The Morgan fingerprint density at radius 1 is 1.24 bits per heavy atom.